The molecular weight excluding hydrogens is 331 g/mol. The van der Waals surface area contributed by atoms with Crippen LogP contribution in [0.25, 0.3) is 11.3 Å². The molecule has 0 unspecified atom stereocenters. The number of halogens is 1. The van der Waals surface area contributed by atoms with Gasteiger partial charge in [-0.05, 0) is 37.1 Å². The van der Waals surface area contributed by atoms with Crippen LogP contribution in [-0.4, -0.2) is 10.9 Å². The lowest BCUT2D eigenvalue weighted by atomic mass is 10.1. The van der Waals surface area contributed by atoms with Crippen LogP contribution >= 0.6 is 0 Å². The normalized spacial score (nSPS) is 10.7. The molecule has 5 heteroatoms. The Morgan fingerprint density at radius 3 is 2.73 bits per heavy atom. The van der Waals surface area contributed by atoms with E-state index in [1.807, 2.05) is 12.1 Å². The van der Waals surface area contributed by atoms with Crippen molar-refractivity contribution >= 4 is 5.91 Å². The fraction of sp³-hybridized carbons (Fsp3) is 0.238. The summed E-state index contributed by atoms with van der Waals surface area (Å²) in [5, 5.41) is 2.71. The maximum atomic E-state index is 13.5. The summed E-state index contributed by atoms with van der Waals surface area (Å²) in [6, 6.07) is 12.5. The number of amides is 1. The Morgan fingerprint density at radius 1 is 1.15 bits per heavy atom. The highest BCUT2D eigenvalue weighted by Gasteiger charge is 2.10. The average Bonchev–Trinajstić information content (AvgIpc) is 3.10. The van der Waals surface area contributed by atoms with Crippen molar-refractivity contribution in [3.05, 3.63) is 77.1 Å². The molecule has 1 heterocycles. The second-order valence-corrected chi connectivity index (χ2v) is 6.29. The standard InChI is InChI=1S/C21H21FN2O2/c1-14-7-8-16(11-15(14)2)19-13-24-21(26-19)10-9-20(25)23-12-17-5-3-4-6-18(17)22/h3-8,11,13H,9-10,12H2,1-2H3,(H,23,25). The SMILES string of the molecule is Cc1ccc(-c2cnc(CCC(=O)NCc3ccccc3F)o2)cc1C. The number of hydrogen-bond acceptors (Lipinski definition) is 3. The summed E-state index contributed by atoms with van der Waals surface area (Å²) in [4.78, 5) is 16.2. The Labute approximate surface area is 152 Å². The third-order valence-electron chi connectivity index (χ3n) is 4.34. The molecule has 0 aliphatic heterocycles. The smallest absolute Gasteiger partial charge is 0.220 e. The maximum Gasteiger partial charge on any atom is 0.220 e. The first kappa shape index (κ1) is 17.9. The van der Waals surface area contributed by atoms with Gasteiger partial charge in [0.05, 0.1) is 6.20 Å². The van der Waals surface area contributed by atoms with Crippen molar-refractivity contribution in [1.29, 1.82) is 0 Å². The summed E-state index contributed by atoms with van der Waals surface area (Å²) in [5.74, 6) is 0.715. The van der Waals surface area contributed by atoms with E-state index in [0.29, 0.717) is 23.6 Å². The van der Waals surface area contributed by atoms with E-state index >= 15 is 0 Å². The molecule has 0 radical (unpaired) electrons. The molecule has 3 aromatic rings. The van der Waals surface area contributed by atoms with Gasteiger partial charge in [0, 0.05) is 30.5 Å². The fourth-order valence-corrected chi connectivity index (χ4v) is 2.60. The molecule has 0 saturated carbocycles. The highest BCUT2D eigenvalue weighted by atomic mass is 19.1. The van der Waals surface area contributed by atoms with Crippen LogP contribution in [0.4, 0.5) is 4.39 Å². The number of nitrogens with one attached hydrogen (secondary N) is 1. The Balaban J connectivity index is 1.53. The summed E-state index contributed by atoms with van der Waals surface area (Å²) in [6.45, 7) is 4.28. The summed E-state index contributed by atoms with van der Waals surface area (Å²) >= 11 is 0. The lowest BCUT2D eigenvalue weighted by Crippen LogP contribution is -2.23. The van der Waals surface area contributed by atoms with Crippen molar-refractivity contribution in [3.63, 3.8) is 0 Å². The number of aryl methyl sites for hydroxylation is 3. The molecule has 0 aliphatic rings. The van der Waals surface area contributed by atoms with Gasteiger partial charge in [-0.3, -0.25) is 4.79 Å². The van der Waals surface area contributed by atoms with Gasteiger partial charge in [-0.2, -0.15) is 0 Å². The number of rotatable bonds is 6. The van der Waals surface area contributed by atoms with E-state index in [1.54, 1.807) is 24.4 Å². The van der Waals surface area contributed by atoms with Crippen molar-refractivity contribution in [2.45, 2.75) is 33.2 Å². The van der Waals surface area contributed by atoms with Crippen LogP contribution < -0.4 is 5.32 Å². The van der Waals surface area contributed by atoms with Gasteiger partial charge < -0.3 is 9.73 Å². The number of carbonyl (C=O) groups is 1. The molecule has 0 fully saturated rings. The number of hydrogen-bond donors (Lipinski definition) is 1. The Bertz CT molecular complexity index is 918. The van der Waals surface area contributed by atoms with Gasteiger partial charge in [-0.15, -0.1) is 0 Å². The minimum absolute atomic E-state index is 0.167. The molecular formula is C21H21FN2O2. The van der Waals surface area contributed by atoms with Gasteiger partial charge in [0.2, 0.25) is 5.91 Å². The lowest BCUT2D eigenvalue weighted by Gasteiger charge is -2.05. The largest absolute Gasteiger partial charge is 0.441 e. The fourth-order valence-electron chi connectivity index (χ4n) is 2.60. The average molecular weight is 352 g/mol. The quantitative estimate of drug-likeness (QED) is 0.718. The summed E-state index contributed by atoms with van der Waals surface area (Å²) in [5.41, 5.74) is 3.85. The van der Waals surface area contributed by atoms with E-state index in [0.717, 1.165) is 5.56 Å². The molecule has 0 bridgehead atoms. The van der Waals surface area contributed by atoms with Crippen molar-refractivity contribution in [2.75, 3.05) is 0 Å². The molecule has 3 rings (SSSR count). The van der Waals surface area contributed by atoms with Gasteiger partial charge >= 0.3 is 0 Å². The zero-order chi connectivity index (χ0) is 18.5. The van der Waals surface area contributed by atoms with E-state index in [-0.39, 0.29) is 24.7 Å². The summed E-state index contributed by atoms with van der Waals surface area (Å²) < 4.78 is 19.3. The zero-order valence-electron chi connectivity index (χ0n) is 14.9. The Kier molecular flexibility index (Phi) is 5.46. The predicted octanol–water partition coefficient (Wildman–Crippen LogP) is 4.35. The van der Waals surface area contributed by atoms with E-state index in [4.69, 9.17) is 4.42 Å². The third-order valence-corrected chi connectivity index (χ3v) is 4.34. The van der Waals surface area contributed by atoms with E-state index < -0.39 is 0 Å². The second-order valence-electron chi connectivity index (χ2n) is 6.29. The minimum atomic E-state index is -0.321. The van der Waals surface area contributed by atoms with Crippen molar-refractivity contribution in [2.24, 2.45) is 0 Å². The van der Waals surface area contributed by atoms with Crippen LogP contribution in [0.3, 0.4) is 0 Å². The topological polar surface area (TPSA) is 55.1 Å². The van der Waals surface area contributed by atoms with Crippen molar-refractivity contribution < 1.29 is 13.6 Å². The van der Waals surface area contributed by atoms with E-state index in [1.165, 1.54) is 17.2 Å². The maximum absolute atomic E-state index is 13.5. The van der Waals surface area contributed by atoms with Crippen LogP contribution in [-0.2, 0) is 17.8 Å². The molecule has 1 N–H and O–H groups in total. The van der Waals surface area contributed by atoms with Gasteiger partial charge in [0.15, 0.2) is 11.7 Å². The molecule has 0 saturated heterocycles. The van der Waals surface area contributed by atoms with Gasteiger partial charge in [-0.25, -0.2) is 9.37 Å². The molecule has 26 heavy (non-hydrogen) atoms. The van der Waals surface area contributed by atoms with Gasteiger partial charge in [0.25, 0.3) is 0 Å². The van der Waals surface area contributed by atoms with Crippen LogP contribution in [0.2, 0.25) is 0 Å². The first-order valence-corrected chi connectivity index (χ1v) is 8.55. The minimum Gasteiger partial charge on any atom is -0.441 e. The third kappa shape index (κ3) is 4.36. The molecule has 1 amide bonds. The zero-order valence-corrected chi connectivity index (χ0v) is 14.9. The van der Waals surface area contributed by atoms with E-state index in [2.05, 4.69) is 30.2 Å². The van der Waals surface area contributed by atoms with Crippen LogP contribution in [0.15, 0.2) is 53.1 Å². The van der Waals surface area contributed by atoms with Crippen molar-refractivity contribution in [1.82, 2.24) is 10.3 Å². The predicted molar refractivity (Wildman–Crippen MR) is 98.0 cm³/mol. The molecule has 134 valence electrons. The molecule has 0 atom stereocenters. The molecule has 2 aromatic carbocycles. The van der Waals surface area contributed by atoms with Crippen LogP contribution in [0, 0.1) is 19.7 Å². The molecule has 0 aliphatic carbocycles. The number of benzene rings is 2. The second kappa shape index (κ2) is 7.95. The number of oxazole rings is 1. The first-order chi connectivity index (χ1) is 12.5. The van der Waals surface area contributed by atoms with Crippen molar-refractivity contribution in [3.8, 4) is 11.3 Å². The molecule has 1 aromatic heterocycles. The van der Waals surface area contributed by atoms with E-state index in [9.17, 15) is 9.18 Å². The summed E-state index contributed by atoms with van der Waals surface area (Å²) in [7, 11) is 0. The molecule has 4 nitrogen and oxygen atoms in total. The van der Waals surface area contributed by atoms with Crippen LogP contribution in [0.5, 0.6) is 0 Å². The van der Waals surface area contributed by atoms with Gasteiger partial charge in [0.1, 0.15) is 5.82 Å². The number of carbonyl (C=O) groups excluding carboxylic acids is 1. The molecule has 0 spiro atoms. The Hall–Kier alpha value is -2.95. The monoisotopic (exact) mass is 352 g/mol. The van der Waals surface area contributed by atoms with Gasteiger partial charge in [-0.1, -0.05) is 30.3 Å². The number of aromatic nitrogens is 1. The highest BCUT2D eigenvalue weighted by molar-refractivity contribution is 5.76. The highest BCUT2D eigenvalue weighted by Crippen LogP contribution is 2.23. The lowest BCUT2D eigenvalue weighted by molar-refractivity contribution is -0.121. The Morgan fingerprint density at radius 2 is 1.96 bits per heavy atom. The van der Waals surface area contributed by atoms with Crippen LogP contribution in [0.1, 0.15) is 29.0 Å². The summed E-state index contributed by atoms with van der Waals surface area (Å²) in [6.07, 6.45) is 2.31. The number of nitrogens with zero attached hydrogens (tertiary/aromatic N) is 1. The first-order valence-electron chi connectivity index (χ1n) is 8.55.